The number of carbonyl (C=O) groups is 1. The second kappa shape index (κ2) is 13.7. The molecule has 10 heteroatoms. The Hall–Kier alpha value is -5.48. The quantitative estimate of drug-likeness (QED) is 0.156. The minimum atomic E-state index is -4.02. The maximum atomic E-state index is 14.8. The molecular formula is C38H37N3O6S. The fraction of sp³-hybridized carbons (Fsp3) is 0.184. The van der Waals surface area contributed by atoms with Crippen molar-refractivity contribution in [3.63, 3.8) is 0 Å². The molecule has 0 radical (unpaired) electrons. The van der Waals surface area contributed by atoms with E-state index >= 15 is 0 Å². The average molecular weight is 664 g/mol. The van der Waals surface area contributed by atoms with E-state index in [0.29, 0.717) is 47.5 Å². The van der Waals surface area contributed by atoms with Crippen molar-refractivity contribution in [1.29, 1.82) is 0 Å². The number of nitrogens with one attached hydrogen (secondary N) is 1. The molecule has 0 aromatic heterocycles. The second-order valence-corrected chi connectivity index (χ2v) is 13.0. The molecule has 5 aromatic carbocycles. The van der Waals surface area contributed by atoms with E-state index in [4.69, 9.17) is 14.2 Å². The van der Waals surface area contributed by atoms with Crippen LogP contribution in [0, 0.1) is 6.92 Å². The number of carbonyl (C=O) groups excluding carboxylic acids is 1. The van der Waals surface area contributed by atoms with Crippen LogP contribution in [0.5, 0.6) is 17.2 Å². The summed E-state index contributed by atoms with van der Waals surface area (Å²) in [5.74, 6) is 1.39. The number of fused-ring (bicyclic) bond motifs is 1. The summed E-state index contributed by atoms with van der Waals surface area (Å²) in [7, 11) is -0.877. The molecule has 0 spiro atoms. The van der Waals surface area contributed by atoms with Gasteiger partial charge in [0.05, 0.1) is 37.0 Å². The van der Waals surface area contributed by atoms with E-state index in [9.17, 15) is 13.2 Å². The molecule has 6 rings (SSSR count). The lowest BCUT2D eigenvalue weighted by Gasteiger charge is -2.46. The van der Waals surface area contributed by atoms with Gasteiger partial charge in [0.2, 0.25) is 0 Å². The van der Waals surface area contributed by atoms with Gasteiger partial charge in [-0.05, 0) is 91.7 Å². The highest BCUT2D eigenvalue weighted by atomic mass is 32.2. The normalized spacial score (nSPS) is 14.3. The Bertz CT molecular complexity index is 2020. The van der Waals surface area contributed by atoms with Gasteiger partial charge in [0, 0.05) is 17.9 Å². The van der Waals surface area contributed by atoms with Crippen LogP contribution in [0.4, 0.5) is 17.1 Å². The van der Waals surface area contributed by atoms with Crippen molar-refractivity contribution < 1.29 is 27.4 Å². The number of aryl methyl sites for hydroxylation is 1. The predicted octanol–water partition coefficient (Wildman–Crippen LogP) is 7.58. The molecule has 0 aliphatic carbocycles. The van der Waals surface area contributed by atoms with Crippen LogP contribution in [0.25, 0.3) is 0 Å². The monoisotopic (exact) mass is 663 g/mol. The van der Waals surface area contributed by atoms with Crippen molar-refractivity contribution in [3.8, 4) is 17.2 Å². The second-order valence-electron chi connectivity index (χ2n) is 11.4. The Labute approximate surface area is 281 Å². The summed E-state index contributed by atoms with van der Waals surface area (Å²) >= 11 is 0. The van der Waals surface area contributed by atoms with Gasteiger partial charge in [-0.15, -0.1) is 0 Å². The summed E-state index contributed by atoms with van der Waals surface area (Å²) in [5, 5.41) is 0. The summed E-state index contributed by atoms with van der Waals surface area (Å²) in [4.78, 5) is 18.5. The van der Waals surface area contributed by atoms with E-state index in [1.54, 1.807) is 43.4 Å². The number of sulfonamides is 1. The van der Waals surface area contributed by atoms with Gasteiger partial charge < -0.3 is 19.1 Å². The van der Waals surface area contributed by atoms with E-state index in [2.05, 4.69) is 9.62 Å². The molecular weight excluding hydrogens is 627 g/mol. The summed E-state index contributed by atoms with van der Waals surface area (Å²) in [6, 6.07) is 34.6. The van der Waals surface area contributed by atoms with E-state index in [1.165, 1.54) is 6.07 Å². The Balaban J connectivity index is 1.53. The topological polar surface area (TPSA) is 97.4 Å². The first-order valence-electron chi connectivity index (χ1n) is 15.5. The maximum absolute atomic E-state index is 14.8. The molecule has 1 amide bonds. The number of anilines is 3. The fourth-order valence-corrected chi connectivity index (χ4v) is 6.96. The van der Waals surface area contributed by atoms with Gasteiger partial charge in [0.15, 0.2) is 11.5 Å². The Morgan fingerprint density at radius 3 is 2.17 bits per heavy atom. The number of hydrogen-bond donors (Lipinski definition) is 1. The van der Waals surface area contributed by atoms with Gasteiger partial charge in [-0.25, -0.2) is 8.42 Å². The third-order valence-corrected chi connectivity index (χ3v) is 9.59. The lowest BCUT2D eigenvalue weighted by atomic mass is 9.98. The molecule has 9 nitrogen and oxygen atoms in total. The van der Waals surface area contributed by atoms with E-state index in [1.807, 2.05) is 98.8 Å². The van der Waals surface area contributed by atoms with Crippen molar-refractivity contribution in [2.45, 2.75) is 31.5 Å². The minimum absolute atomic E-state index is 0.0222. The van der Waals surface area contributed by atoms with Crippen molar-refractivity contribution in [1.82, 2.24) is 0 Å². The molecule has 1 atom stereocenters. The molecule has 246 valence electrons. The number of hydrogen-bond acceptors (Lipinski definition) is 7. The fourth-order valence-electron chi connectivity index (χ4n) is 5.87. The van der Waals surface area contributed by atoms with Crippen LogP contribution in [-0.4, -0.2) is 35.2 Å². The van der Waals surface area contributed by atoms with Crippen LogP contribution in [0.15, 0.2) is 120 Å². The lowest BCUT2D eigenvalue weighted by Crippen LogP contribution is -2.49. The molecule has 1 aliphatic heterocycles. The zero-order valence-electron chi connectivity index (χ0n) is 27.2. The van der Waals surface area contributed by atoms with Crippen molar-refractivity contribution in [2.24, 2.45) is 0 Å². The Morgan fingerprint density at radius 2 is 1.50 bits per heavy atom. The molecule has 0 saturated carbocycles. The average Bonchev–Trinajstić information content (AvgIpc) is 3.10. The van der Waals surface area contributed by atoms with Crippen LogP contribution in [0.3, 0.4) is 0 Å². The maximum Gasteiger partial charge on any atom is 0.262 e. The SMILES string of the molecule is CCOc1ccc(N2C(=O)c3cc(S(=O)(=O)Nc4ccc(C)cc4)ccc3N(Cc3ccccc3)[C@H]2c2ccc(OC)c(OC)c2)cc1. The summed E-state index contributed by atoms with van der Waals surface area (Å²) in [5.41, 5.74) is 4.68. The molecule has 5 aromatic rings. The molecule has 0 unspecified atom stereocenters. The Morgan fingerprint density at radius 1 is 0.792 bits per heavy atom. The van der Waals surface area contributed by atoms with Crippen LogP contribution >= 0.6 is 0 Å². The van der Waals surface area contributed by atoms with Crippen LogP contribution in [0.1, 0.15) is 40.1 Å². The molecule has 48 heavy (non-hydrogen) atoms. The number of methoxy groups -OCH3 is 2. The number of amides is 1. The third kappa shape index (κ3) is 6.52. The predicted molar refractivity (Wildman–Crippen MR) is 188 cm³/mol. The van der Waals surface area contributed by atoms with Crippen molar-refractivity contribution in [2.75, 3.05) is 35.3 Å². The van der Waals surface area contributed by atoms with Gasteiger partial charge in [0.1, 0.15) is 11.9 Å². The minimum Gasteiger partial charge on any atom is -0.494 e. The first-order chi connectivity index (χ1) is 23.2. The largest absolute Gasteiger partial charge is 0.494 e. The van der Waals surface area contributed by atoms with Gasteiger partial charge in [0.25, 0.3) is 15.9 Å². The summed E-state index contributed by atoms with van der Waals surface area (Å²) < 4.78 is 46.8. The zero-order valence-corrected chi connectivity index (χ0v) is 28.0. The summed E-state index contributed by atoms with van der Waals surface area (Å²) in [6.45, 7) is 4.76. The van der Waals surface area contributed by atoms with Crippen LogP contribution in [0.2, 0.25) is 0 Å². The summed E-state index contributed by atoms with van der Waals surface area (Å²) in [6.07, 6.45) is -0.643. The Kier molecular flexibility index (Phi) is 9.27. The number of nitrogens with zero attached hydrogens (tertiary/aromatic N) is 2. The molecule has 1 N–H and O–H groups in total. The third-order valence-electron chi connectivity index (χ3n) is 8.21. The molecule has 0 fully saturated rings. The smallest absolute Gasteiger partial charge is 0.262 e. The van der Waals surface area contributed by atoms with E-state index < -0.39 is 16.2 Å². The number of benzene rings is 5. The highest BCUT2D eigenvalue weighted by molar-refractivity contribution is 7.92. The highest BCUT2D eigenvalue weighted by Gasteiger charge is 2.41. The van der Waals surface area contributed by atoms with E-state index in [0.717, 1.165) is 16.7 Å². The number of rotatable bonds is 11. The standard InChI is InChI=1S/C38H37N3O6S/c1-5-47-31-18-16-30(17-19-31)41-37(28-13-22-35(45-3)36(23-28)46-4)40(25-27-9-7-6-8-10-27)34-21-20-32(24-33(34)38(41)42)48(43,44)39-29-14-11-26(2)12-15-29/h6-24,37,39H,5,25H2,1-4H3/t37-/m1/s1. The van der Waals surface area contributed by atoms with Gasteiger partial charge in [-0.2, -0.15) is 0 Å². The van der Waals surface area contributed by atoms with Crippen LogP contribution < -0.4 is 28.7 Å². The highest BCUT2D eigenvalue weighted by Crippen LogP contribution is 2.45. The van der Waals surface area contributed by atoms with Crippen molar-refractivity contribution in [3.05, 3.63) is 138 Å². The van der Waals surface area contributed by atoms with Crippen LogP contribution in [-0.2, 0) is 16.6 Å². The molecule has 1 aliphatic rings. The van der Waals surface area contributed by atoms with Gasteiger partial charge in [-0.1, -0.05) is 54.1 Å². The number of ether oxygens (including phenoxy) is 3. The lowest BCUT2D eigenvalue weighted by molar-refractivity contribution is 0.0968. The molecule has 0 saturated heterocycles. The van der Waals surface area contributed by atoms with Gasteiger partial charge >= 0.3 is 0 Å². The first kappa shape index (κ1) is 32.5. The van der Waals surface area contributed by atoms with E-state index in [-0.39, 0.29) is 16.4 Å². The zero-order chi connectivity index (χ0) is 33.8. The van der Waals surface area contributed by atoms with Crippen molar-refractivity contribution >= 4 is 33.0 Å². The molecule has 0 bridgehead atoms. The molecule has 1 heterocycles. The first-order valence-corrected chi connectivity index (χ1v) is 17.0. The van der Waals surface area contributed by atoms with Gasteiger partial charge in [-0.3, -0.25) is 14.4 Å².